The second-order valence-electron chi connectivity index (χ2n) is 7.68. The molecule has 1 aromatic rings. The standard InChI is InChI=1S/C19H34F3N7S.HI/c1-5-28(14-19(20,21)22)12-16-7-9-29(13-16)18(23-8-6-10-30-4)24-11-17-26-25-15(2)27(17)3;/h16H,5-14H2,1-4H3,(H,23,24);1H. The SMILES string of the molecule is CCN(CC1CCN(C(=NCc2nnc(C)n2C)NCCCSC)C1)CC(F)(F)F.I. The van der Waals surface area contributed by atoms with Crippen molar-refractivity contribution >= 4 is 41.7 Å². The van der Waals surface area contributed by atoms with Crippen LogP contribution in [0.15, 0.2) is 4.99 Å². The number of aliphatic imine (C=N–C) groups is 1. The van der Waals surface area contributed by atoms with Crippen molar-refractivity contribution in [3.63, 3.8) is 0 Å². The van der Waals surface area contributed by atoms with Gasteiger partial charge in [-0.3, -0.25) is 4.90 Å². The summed E-state index contributed by atoms with van der Waals surface area (Å²) in [6, 6.07) is 0. The quantitative estimate of drug-likeness (QED) is 0.200. The van der Waals surface area contributed by atoms with E-state index in [1.165, 1.54) is 4.90 Å². The molecule has 0 bridgehead atoms. The van der Waals surface area contributed by atoms with Crippen LogP contribution >= 0.6 is 35.7 Å². The lowest BCUT2D eigenvalue weighted by Crippen LogP contribution is -2.42. The molecule has 0 saturated carbocycles. The Bertz CT molecular complexity index is 684. The number of nitrogens with one attached hydrogen (secondary N) is 1. The van der Waals surface area contributed by atoms with E-state index in [0.29, 0.717) is 26.2 Å². The molecule has 1 fully saturated rings. The summed E-state index contributed by atoms with van der Waals surface area (Å²) in [5.74, 6) is 3.68. The molecule has 1 N–H and O–H groups in total. The van der Waals surface area contributed by atoms with Crippen LogP contribution in [-0.4, -0.2) is 88.0 Å². The van der Waals surface area contributed by atoms with Crippen LogP contribution in [0.25, 0.3) is 0 Å². The van der Waals surface area contributed by atoms with E-state index in [-0.39, 0.29) is 29.9 Å². The van der Waals surface area contributed by atoms with Crippen molar-refractivity contribution in [2.24, 2.45) is 18.0 Å². The van der Waals surface area contributed by atoms with Crippen LogP contribution in [0.3, 0.4) is 0 Å². The van der Waals surface area contributed by atoms with Crippen LogP contribution in [0.1, 0.15) is 31.4 Å². The van der Waals surface area contributed by atoms with E-state index in [4.69, 9.17) is 4.99 Å². The number of aryl methyl sites for hydroxylation is 1. The Morgan fingerprint density at radius 3 is 2.68 bits per heavy atom. The van der Waals surface area contributed by atoms with Gasteiger partial charge in [0.05, 0.1) is 6.54 Å². The first-order valence-electron chi connectivity index (χ1n) is 10.4. The van der Waals surface area contributed by atoms with Crippen molar-refractivity contribution in [3.8, 4) is 0 Å². The molecule has 0 aliphatic carbocycles. The number of aromatic nitrogens is 3. The Morgan fingerprint density at radius 2 is 2.10 bits per heavy atom. The summed E-state index contributed by atoms with van der Waals surface area (Å²) in [6.45, 7) is 6.41. The van der Waals surface area contributed by atoms with Crippen molar-refractivity contribution in [1.82, 2.24) is 29.9 Å². The first-order valence-corrected chi connectivity index (χ1v) is 11.8. The molecular formula is C19H35F3IN7S. The van der Waals surface area contributed by atoms with Gasteiger partial charge in [-0.25, -0.2) is 4.99 Å². The van der Waals surface area contributed by atoms with Gasteiger partial charge in [0, 0.05) is 33.2 Å². The van der Waals surface area contributed by atoms with E-state index in [1.807, 2.05) is 18.5 Å². The van der Waals surface area contributed by atoms with Crippen LogP contribution in [0, 0.1) is 12.8 Å². The van der Waals surface area contributed by atoms with E-state index < -0.39 is 12.7 Å². The minimum atomic E-state index is -4.16. The number of halogens is 4. The maximum atomic E-state index is 12.8. The van der Waals surface area contributed by atoms with Crippen molar-refractivity contribution in [3.05, 3.63) is 11.6 Å². The van der Waals surface area contributed by atoms with Gasteiger partial charge >= 0.3 is 6.18 Å². The lowest BCUT2D eigenvalue weighted by atomic mass is 10.1. The Balaban J connectivity index is 0.00000480. The maximum Gasteiger partial charge on any atom is 0.401 e. The third-order valence-electron chi connectivity index (χ3n) is 5.31. The molecule has 1 aliphatic rings. The lowest BCUT2D eigenvalue weighted by molar-refractivity contribution is -0.146. The van der Waals surface area contributed by atoms with Gasteiger partial charge in [0.2, 0.25) is 0 Å². The smallest absolute Gasteiger partial charge is 0.356 e. The molecule has 1 atom stereocenters. The number of alkyl halides is 3. The fourth-order valence-electron chi connectivity index (χ4n) is 3.52. The average molecular weight is 578 g/mol. The van der Waals surface area contributed by atoms with Crippen LogP contribution in [0.2, 0.25) is 0 Å². The molecule has 1 aromatic heterocycles. The molecule has 0 aromatic carbocycles. The summed E-state index contributed by atoms with van der Waals surface area (Å²) in [5.41, 5.74) is 0. The highest BCUT2D eigenvalue weighted by Crippen LogP contribution is 2.21. The van der Waals surface area contributed by atoms with Crippen LogP contribution in [0.4, 0.5) is 13.2 Å². The fourth-order valence-corrected chi connectivity index (χ4v) is 3.95. The maximum absolute atomic E-state index is 12.8. The number of rotatable bonds is 10. The molecule has 1 aliphatic heterocycles. The van der Waals surface area contributed by atoms with Gasteiger partial charge in [0.1, 0.15) is 12.4 Å². The molecular weight excluding hydrogens is 542 g/mol. The first-order chi connectivity index (χ1) is 14.2. The van der Waals surface area contributed by atoms with E-state index in [9.17, 15) is 13.2 Å². The van der Waals surface area contributed by atoms with Gasteiger partial charge in [-0.05, 0) is 44.2 Å². The van der Waals surface area contributed by atoms with Crippen LogP contribution < -0.4 is 5.32 Å². The van der Waals surface area contributed by atoms with Crippen LogP contribution in [-0.2, 0) is 13.6 Å². The summed E-state index contributed by atoms with van der Waals surface area (Å²) < 4.78 is 40.2. The third-order valence-corrected chi connectivity index (χ3v) is 6.01. The minimum Gasteiger partial charge on any atom is -0.356 e. The van der Waals surface area contributed by atoms with Crippen LogP contribution in [0.5, 0.6) is 0 Å². The number of hydrogen-bond donors (Lipinski definition) is 1. The Kier molecular flexibility index (Phi) is 12.5. The van der Waals surface area contributed by atoms with Gasteiger partial charge in [0.25, 0.3) is 0 Å². The van der Waals surface area contributed by atoms with E-state index in [0.717, 1.165) is 49.3 Å². The Morgan fingerprint density at radius 1 is 1.35 bits per heavy atom. The number of guanidine groups is 1. The zero-order chi connectivity index (χ0) is 22.1. The highest BCUT2D eigenvalue weighted by Gasteiger charge is 2.33. The molecule has 12 heteroatoms. The van der Waals surface area contributed by atoms with Crippen molar-refractivity contribution in [2.75, 3.05) is 51.3 Å². The Hall–Kier alpha value is -0.760. The molecule has 0 radical (unpaired) electrons. The van der Waals surface area contributed by atoms with Crippen molar-refractivity contribution in [1.29, 1.82) is 0 Å². The normalized spacial score (nSPS) is 17.4. The Labute approximate surface area is 204 Å². The van der Waals surface area contributed by atoms with E-state index in [1.54, 1.807) is 18.7 Å². The summed E-state index contributed by atoms with van der Waals surface area (Å²) >= 11 is 1.80. The van der Waals surface area contributed by atoms with E-state index in [2.05, 4.69) is 26.7 Å². The molecule has 2 rings (SSSR count). The van der Waals surface area contributed by atoms with Gasteiger partial charge in [0.15, 0.2) is 11.8 Å². The topological polar surface area (TPSA) is 61.6 Å². The average Bonchev–Trinajstić information content (AvgIpc) is 3.27. The summed E-state index contributed by atoms with van der Waals surface area (Å²) in [7, 11) is 1.91. The molecule has 0 amide bonds. The van der Waals surface area contributed by atoms with Gasteiger partial charge in [-0.1, -0.05) is 6.92 Å². The number of nitrogens with zero attached hydrogens (tertiary/aromatic N) is 6. The van der Waals surface area contributed by atoms with E-state index >= 15 is 0 Å². The van der Waals surface area contributed by atoms with Gasteiger partial charge in [-0.2, -0.15) is 24.9 Å². The molecule has 0 spiro atoms. The molecule has 1 saturated heterocycles. The molecule has 180 valence electrons. The fraction of sp³-hybridized carbons (Fsp3) is 0.842. The van der Waals surface area contributed by atoms with Crippen molar-refractivity contribution < 1.29 is 13.2 Å². The highest BCUT2D eigenvalue weighted by atomic mass is 127. The predicted octanol–water partition coefficient (Wildman–Crippen LogP) is 3.15. The second kappa shape index (κ2) is 13.7. The highest BCUT2D eigenvalue weighted by molar-refractivity contribution is 14.0. The zero-order valence-corrected chi connectivity index (χ0v) is 21.9. The second-order valence-corrected chi connectivity index (χ2v) is 8.66. The number of thioether (sulfide) groups is 1. The van der Waals surface area contributed by atoms with Gasteiger partial charge < -0.3 is 14.8 Å². The van der Waals surface area contributed by atoms with Crippen molar-refractivity contribution in [2.45, 2.75) is 39.4 Å². The predicted molar refractivity (Wildman–Crippen MR) is 131 cm³/mol. The molecule has 2 heterocycles. The number of hydrogen-bond acceptors (Lipinski definition) is 5. The first kappa shape index (κ1) is 28.3. The van der Waals surface area contributed by atoms with Gasteiger partial charge in [-0.15, -0.1) is 34.2 Å². The summed E-state index contributed by atoms with van der Waals surface area (Å²) in [5, 5.41) is 11.7. The molecule has 1 unspecified atom stereocenters. The summed E-state index contributed by atoms with van der Waals surface area (Å²) in [6.07, 6.45) is -0.191. The largest absolute Gasteiger partial charge is 0.401 e. The lowest BCUT2D eigenvalue weighted by Gasteiger charge is -2.26. The zero-order valence-electron chi connectivity index (χ0n) is 18.8. The summed E-state index contributed by atoms with van der Waals surface area (Å²) in [4.78, 5) is 8.40. The third kappa shape index (κ3) is 9.72. The number of likely N-dealkylation sites (tertiary alicyclic amines) is 1. The monoisotopic (exact) mass is 577 g/mol. The molecule has 7 nitrogen and oxygen atoms in total. The molecule has 31 heavy (non-hydrogen) atoms. The minimum absolute atomic E-state index is 0.